The molecule has 0 aliphatic carbocycles. The van der Waals surface area contributed by atoms with Crippen LogP contribution in [-0.4, -0.2) is 77.0 Å². The minimum absolute atomic E-state index is 0.308. The van der Waals surface area contributed by atoms with Gasteiger partial charge in [0.2, 0.25) is 0 Å². The van der Waals surface area contributed by atoms with Crippen molar-refractivity contribution in [2.75, 3.05) is 13.1 Å². The average molecular weight is 807 g/mol. The number of nitrogens with zero attached hydrogens (tertiary/aromatic N) is 4. The summed E-state index contributed by atoms with van der Waals surface area (Å²) in [5.41, 5.74) is 8.44. The van der Waals surface area contributed by atoms with Gasteiger partial charge in [-0.3, -0.25) is 9.59 Å². The lowest BCUT2D eigenvalue weighted by Gasteiger charge is -2.28. The van der Waals surface area contributed by atoms with Gasteiger partial charge in [-0.15, -0.1) is 0 Å². The maximum atomic E-state index is 13.8. The molecular formula is C46H46N8O6. The maximum absolute atomic E-state index is 13.8. The molecule has 14 heteroatoms. The number of aryl methyl sites for hydroxylation is 2. The van der Waals surface area contributed by atoms with Crippen LogP contribution in [0.2, 0.25) is 0 Å². The summed E-state index contributed by atoms with van der Waals surface area (Å²) in [5.74, 6) is 0.728. The Bertz CT molecular complexity index is 2330. The summed E-state index contributed by atoms with van der Waals surface area (Å²) < 4.78 is 0. The first-order valence-electron chi connectivity index (χ1n) is 20.1. The molecule has 2 aliphatic rings. The van der Waals surface area contributed by atoms with Gasteiger partial charge >= 0.3 is 12.2 Å². The standard InChI is InChI=1S/C46H46N8O6/c1-27-37(49-41(47-27)35-15-9-25-53(35)43(55)39(51-45(57)58)31-11-5-3-6-12-31)33-21-17-29(18-22-33)30-19-23-34(24-20-30)38-28(2)48-42(50-38)36-16-10-26-54(36)44(56)40(52-46(59)60)32-13-7-4-8-14-32/h3-8,11-14,17-24,35-36,39-40,51-52H,9-10,15-16,25-26H2,1-2H3,(H,47,49)(H,48,50)(H,57,58)(H,59,60)/t35-,36-,39+,40+/m0/s1. The molecule has 4 amide bonds. The molecule has 6 N–H and O–H groups in total. The first kappa shape index (κ1) is 39.6. The summed E-state index contributed by atoms with van der Waals surface area (Å²) in [6.45, 7) is 4.87. The largest absolute Gasteiger partial charge is 0.465 e. The van der Waals surface area contributed by atoms with Crippen LogP contribution in [0.1, 0.15) is 84.0 Å². The van der Waals surface area contributed by atoms with Crippen LogP contribution in [0.25, 0.3) is 33.6 Å². The van der Waals surface area contributed by atoms with Crippen molar-refractivity contribution in [2.24, 2.45) is 0 Å². The normalized spacial score (nSPS) is 17.3. The number of carbonyl (C=O) groups excluding carboxylic acids is 2. The van der Waals surface area contributed by atoms with E-state index in [0.29, 0.717) is 48.7 Å². The molecule has 0 spiro atoms. The molecule has 2 fully saturated rings. The Morgan fingerprint density at radius 2 is 0.917 bits per heavy atom. The molecule has 8 rings (SSSR count). The molecule has 60 heavy (non-hydrogen) atoms. The Balaban J connectivity index is 0.960. The summed E-state index contributed by atoms with van der Waals surface area (Å²) in [4.78, 5) is 71.1. The zero-order chi connectivity index (χ0) is 41.9. The van der Waals surface area contributed by atoms with Crippen molar-refractivity contribution >= 4 is 24.0 Å². The predicted molar refractivity (Wildman–Crippen MR) is 225 cm³/mol. The second-order valence-electron chi connectivity index (χ2n) is 15.3. The van der Waals surface area contributed by atoms with E-state index in [1.807, 2.05) is 50.2 Å². The van der Waals surface area contributed by atoms with Crippen molar-refractivity contribution in [3.05, 3.63) is 143 Å². The van der Waals surface area contributed by atoms with E-state index in [1.165, 1.54) is 0 Å². The quantitative estimate of drug-likeness (QED) is 0.0755. The van der Waals surface area contributed by atoms with Gasteiger partial charge in [-0.05, 0) is 72.9 Å². The SMILES string of the molecule is Cc1nc([C@@H]2CCCN2C(=O)[C@H](NC(=O)O)c2ccccc2)[nH]c1-c1ccc(-c2ccc(-c3[nH]c([C@@H]4CCCN4C(=O)[C@H](NC(=O)O)c4ccccc4)nc3C)cc2)cc1. The van der Waals surface area contributed by atoms with Gasteiger partial charge in [0, 0.05) is 13.1 Å². The third kappa shape index (κ3) is 8.08. The van der Waals surface area contributed by atoms with E-state index in [2.05, 4.69) is 44.9 Å². The topological polar surface area (TPSA) is 197 Å². The van der Waals surface area contributed by atoms with Crippen molar-refractivity contribution in [1.29, 1.82) is 0 Å². The van der Waals surface area contributed by atoms with E-state index in [4.69, 9.17) is 9.97 Å². The molecule has 2 aromatic heterocycles. The van der Waals surface area contributed by atoms with Crippen LogP contribution in [0.5, 0.6) is 0 Å². The van der Waals surface area contributed by atoms with Crippen LogP contribution in [0.15, 0.2) is 109 Å². The highest BCUT2D eigenvalue weighted by Gasteiger charge is 2.39. The summed E-state index contributed by atoms with van der Waals surface area (Å²) in [6, 6.07) is 31.5. The molecule has 0 unspecified atom stereocenters. The number of aromatic nitrogens is 4. The molecule has 2 aliphatic heterocycles. The van der Waals surface area contributed by atoms with Gasteiger partial charge in [-0.2, -0.15) is 0 Å². The smallest absolute Gasteiger partial charge is 0.405 e. The Morgan fingerprint density at radius 1 is 0.567 bits per heavy atom. The van der Waals surface area contributed by atoms with Crippen molar-refractivity contribution < 1.29 is 29.4 Å². The molecule has 2 saturated heterocycles. The fraction of sp³-hybridized carbons (Fsp3) is 0.261. The van der Waals surface area contributed by atoms with Gasteiger partial charge in [0.25, 0.3) is 11.8 Å². The van der Waals surface area contributed by atoms with E-state index < -0.39 is 24.3 Å². The lowest BCUT2D eigenvalue weighted by molar-refractivity contribution is -0.135. The van der Waals surface area contributed by atoms with E-state index in [9.17, 15) is 29.4 Å². The molecule has 6 aromatic rings. The number of imidazole rings is 2. The van der Waals surface area contributed by atoms with Gasteiger partial charge in [-0.25, -0.2) is 19.6 Å². The number of rotatable bonds is 11. The Labute approximate surface area is 346 Å². The summed E-state index contributed by atoms with van der Waals surface area (Å²) in [7, 11) is 0. The first-order valence-corrected chi connectivity index (χ1v) is 20.1. The van der Waals surface area contributed by atoms with E-state index in [1.54, 1.807) is 58.3 Å². The number of aromatic amines is 2. The van der Waals surface area contributed by atoms with Crippen LogP contribution in [0.4, 0.5) is 9.59 Å². The number of amides is 4. The third-order valence-electron chi connectivity index (χ3n) is 11.5. The fourth-order valence-electron chi connectivity index (χ4n) is 8.58. The second-order valence-corrected chi connectivity index (χ2v) is 15.3. The molecule has 306 valence electrons. The number of hydrogen-bond donors (Lipinski definition) is 6. The number of nitrogens with one attached hydrogen (secondary N) is 4. The van der Waals surface area contributed by atoms with E-state index >= 15 is 0 Å². The van der Waals surface area contributed by atoms with Crippen molar-refractivity contribution in [2.45, 2.75) is 63.7 Å². The lowest BCUT2D eigenvalue weighted by Crippen LogP contribution is -2.42. The highest BCUT2D eigenvalue weighted by molar-refractivity contribution is 5.88. The predicted octanol–water partition coefficient (Wildman–Crippen LogP) is 8.10. The molecule has 0 saturated carbocycles. The second kappa shape index (κ2) is 16.9. The number of carboxylic acid groups (broad SMARTS) is 2. The first-order chi connectivity index (χ1) is 29.0. The van der Waals surface area contributed by atoms with E-state index in [-0.39, 0.29) is 23.9 Å². The fourth-order valence-corrected chi connectivity index (χ4v) is 8.58. The molecule has 4 aromatic carbocycles. The maximum Gasteiger partial charge on any atom is 0.405 e. The van der Waals surface area contributed by atoms with Crippen molar-refractivity contribution in [3.63, 3.8) is 0 Å². The van der Waals surface area contributed by atoms with Gasteiger partial charge in [0.15, 0.2) is 0 Å². The van der Waals surface area contributed by atoms with Crippen LogP contribution < -0.4 is 10.6 Å². The van der Waals surface area contributed by atoms with Crippen LogP contribution in [0.3, 0.4) is 0 Å². The third-order valence-corrected chi connectivity index (χ3v) is 11.5. The van der Waals surface area contributed by atoms with Crippen LogP contribution in [0, 0.1) is 13.8 Å². The summed E-state index contributed by atoms with van der Waals surface area (Å²) >= 11 is 0. The molecule has 14 nitrogen and oxygen atoms in total. The lowest BCUT2D eigenvalue weighted by atomic mass is 10.0. The van der Waals surface area contributed by atoms with Crippen LogP contribution >= 0.6 is 0 Å². The highest BCUT2D eigenvalue weighted by atomic mass is 16.4. The zero-order valence-electron chi connectivity index (χ0n) is 33.3. The minimum atomic E-state index is -1.26. The Hall–Kier alpha value is -7.22. The van der Waals surface area contributed by atoms with E-state index in [0.717, 1.165) is 57.9 Å². The number of likely N-dealkylation sites (tertiary alicyclic amines) is 2. The van der Waals surface area contributed by atoms with Crippen molar-refractivity contribution in [3.8, 4) is 33.6 Å². The number of carbonyl (C=O) groups is 4. The number of H-pyrrole nitrogens is 2. The van der Waals surface area contributed by atoms with Gasteiger partial charge in [-0.1, -0.05) is 109 Å². The Kier molecular flexibility index (Phi) is 11.2. The molecular weight excluding hydrogens is 761 g/mol. The number of benzene rings is 4. The molecule has 0 bridgehead atoms. The minimum Gasteiger partial charge on any atom is -0.465 e. The van der Waals surface area contributed by atoms with Crippen molar-refractivity contribution in [1.82, 2.24) is 40.4 Å². The summed E-state index contributed by atoms with van der Waals surface area (Å²) in [5, 5.41) is 23.9. The molecule has 0 radical (unpaired) electrons. The highest BCUT2D eigenvalue weighted by Crippen LogP contribution is 2.37. The summed E-state index contributed by atoms with van der Waals surface area (Å²) in [6.07, 6.45) is 0.445. The molecule has 4 atom stereocenters. The van der Waals surface area contributed by atoms with Gasteiger partial charge in [0.05, 0.1) is 34.9 Å². The monoisotopic (exact) mass is 806 g/mol. The van der Waals surface area contributed by atoms with Crippen LogP contribution in [-0.2, 0) is 9.59 Å². The zero-order valence-corrected chi connectivity index (χ0v) is 33.3. The van der Waals surface area contributed by atoms with Gasteiger partial charge in [0.1, 0.15) is 23.7 Å². The molecule has 4 heterocycles. The Morgan fingerprint density at radius 3 is 1.27 bits per heavy atom. The average Bonchev–Trinajstić information content (AvgIpc) is 4.09. The van der Waals surface area contributed by atoms with Gasteiger partial charge < -0.3 is 40.6 Å². The number of hydrogen-bond acceptors (Lipinski definition) is 6.